The number of rotatable bonds is 2. The highest BCUT2D eigenvalue weighted by Gasteiger charge is 2.27. The number of allylic oxidation sites excluding steroid dienone is 4. The Kier molecular flexibility index (Phi) is 3.26. The Balaban J connectivity index is 2.46. The summed E-state index contributed by atoms with van der Waals surface area (Å²) < 4.78 is 0. The molecule has 3 heteroatoms. The third-order valence-electron chi connectivity index (χ3n) is 3.61. The van der Waals surface area contributed by atoms with E-state index in [4.69, 9.17) is 10.4 Å². The second kappa shape index (κ2) is 4.74. The van der Waals surface area contributed by atoms with Crippen molar-refractivity contribution in [2.24, 2.45) is 0 Å². The van der Waals surface area contributed by atoms with Crippen molar-refractivity contribution in [1.82, 2.24) is 0 Å². The van der Waals surface area contributed by atoms with Gasteiger partial charge in [-0.25, -0.2) is 4.79 Å². The normalized spacial score (nSPS) is 21.6. The first-order valence-corrected chi connectivity index (χ1v) is 6.10. The number of benzene rings is 1. The largest absolute Gasteiger partial charge is 0.478 e. The number of carboxylic acids is 1. The fourth-order valence-electron chi connectivity index (χ4n) is 2.38. The van der Waals surface area contributed by atoms with Crippen LogP contribution >= 0.6 is 0 Å². The van der Waals surface area contributed by atoms with E-state index in [9.17, 15) is 4.79 Å². The first-order chi connectivity index (χ1) is 8.96. The maximum absolute atomic E-state index is 11.1. The summed E-state index contributed by atoms with van der Waals surface area (Å²) in [4.78, 5) is 11.1. The van der Waals surface area contributed by atoms with E-state index in [0.29, 0.717) is 17.6 Å². The molecule has 0 saturated heterocycles. The van der Waals surface area contributed by atoms with Crippen LogP contribution < -0.4 is 0 Å². The number of nitrogens with zero attached hydrogens (tertiary/aromatic N) is 1. The molecule has 0 amide bonds. The Labute approximate surface area is 112 Å². The number of aromatic carboxylic acids is 1. The molecule has 0 radical (unpaired) electrons. The van der Waals surface area contributed by atoms with E-state index in [1.165, 1.54) is 0 Å². The molecule has 1 aromatic carbocycles. The average molecular weight is 253 g/mol. The molecule has 0 fully saturated rings. The first kappa shape index (κ1) is 13.1. The van der Waals surface area contributed by atoms with Crippen molar-refractivity contribution >= 4 is 5.97 Å². The second-order valence-electron chi connectivity index (χ2n) is 5.06. The fourth-order valence-corrected chi connectivity index (χ4v) is 2.38. The van der Waals surface area contributed by atoms with Crippen molar-refractivity contribution < 1.29 is 9.90 Å². The third-order valence-corrected chi connectivity index (χ3v) is 3.61. The Morgan fingerprint density at radius 1 is 1.47 bits per heavy atom. The molecule has 0 aliphatic heterocycles. The summed E-state index contributed by atoms with van der Waals surface area (Å²) in [5, 5.41) is 17.9. The summed E-state index contributed by atoms with van der Waals surface area (Å²) in [6, 6.07) is 7.30. The van der Waals surface area contributed by atoms with Crippen LogP contribution in [0.3, 0.4) is 0 Å². The molecule has 3 nitrogen and oxygen atoms in total. The zero-order valence-electron chi connectivity index (χ0n) is 11.0. The van der Waals surface area contributed by atoms with Gasteiger partial charge in [-0.2, -0.15) is 5.26 Å². The van der Waals surface area contributed by atoms with Crippen molar-refractivity contribution in [3.05, 3.63) is 58.7 Å². The van der Waals surface area contributed by atoms with Gasteiger partial charge in [0, 0.05) is 11.0 Å². The van der Waals surface area contributed by atoms with Gasteiger partial charge < -0.3 is 5.11 Å². The van der Waals surface area contributed by atoms with Crippen molar-refractivity contribution in [3.63, 3.8) is 0 Å². The first-order valence-electron chi connectivity index (χ1n) is 6.10. The van der Waals surface area contributed by atoms with Gasteiger partial charge in [-0.15, -0.1) is 0 Å². The van der Waals surface area contributed by atoms with Crippen LogP contribution in [0.5, 0.6) is 0 Å². The number of nitriles is 1. The van der Waals surface area contributed by atoms with Crippen molar-refractivity contribution in [2.45, 2.75) is 25.7 Å². The molecule has 19 heavy (non-hydrogen) atoms. The van der Waals surface area contributed by atoms with E-state index in [2.05, 4.69) is 13.0 Å². The molecule has 1 unspecified atom stereocenters. The van der Waals surface area contributed by atoms with Gasteiger partial charge in [-0.1, -0.05) is 25.1 Å². The van der Waals surface area contributed by atoms with E-state index in [0.717, 1.165) is 11.1 Å². The van der Waals surface area contributed by atoms with Crippen LogP contribution in [0.25, 0.3) is 0 Å². The third kappa shape index (κ3) is 2.43. The van der Waals surface area contributed by atoms with Gasteiger partial charge in [0.15, 0.2) is 0 Å². The molecule has 0 saturated carbocycles. The van der Waals surface area contributed by atoms with E-state index >= 15 is 0 Å². The van der Waals surface area contributed by atoms with Crippen molar-refractivity contribution in [2.75, 3.05) is 0 Å². The zero-order chi connectivity index (χ0) is 14.0. The highest BCUT2D eigenvalue weighted by Crippen LogP contribution is 2.35. The van der Waals surface area contributed by atoms with E-state index in [1.807, 2.05) is 25.1 Å². The molecule has 1 aliphatic carbocycles. The van der Waals surface area contributed by atoms with E-state index in [-0.39, 0.29) is 5.41 Å². The molecule has 0 bridgehead atoms. The molecule has 96 valence electrons. The maximum Gasteiger partial charge on any atom is 0.335 e. The van der Waals surface area contributed by atoms with Gasteiger partial charge in [0.25, 0.3) is 0 Å². The van der Waals surface area contributed by atoms with Crippen LogP contribution in [-0.2, 0) is 5.41 Å². The van der Waals surface area contributed by atoms with Crippen molar-refractivity contribution in [1.29, 1.82) is 5.26 Å². The molecular formula is C16H15NO2. The minimum Gasteiger partial charge on any atom is -0.478 e. The van der Waals surface area contributed by atoms with Crippen LogP contribution in [0.2, 0.25) is 0 Å². The lowest BCUT2D eigenvalue weighted by atomic mass is 9.74. The van der Waals surface area contributed by atoms with Crippen LogP contribution in [0.15, 0.2) is 42.0 Å². The van der Waals surface area contributed by atoms with Gasteiger partial charge >= 0.3 is 5.97 Å². The number of hydrogen-bond acceptors (Lipinski definition) is 2. The van der Waals surface area contributed by atoms with Crippen LogP contribution in [0.4, 0.5) is 0 Å². The minimum absolute atomic E-state index is 0.254. The monoisotopic (exact) mass is 253 g/mol. The highest BCUT2D eigenvalue weighted by molar-refractivity contribution is 5.88. The Morgan fingerprint density at radius 2 is 2.21 bits per heavy atom. The Bertz CT molecular complexity index is 635. The van der Waals surface area contributed by atoms with E-state index < -0.39 is 5.97 Å². The topological polar surface area (TPSA) is 61.1 Å². The van der Waals surface area contributed by atoms with Gasteiger partial charge in [-0.05, 0) is 42.7 Å². The smallest absolute Gasteiger partial charge is 0.335 e. The predicted molar refractivity (Wildman–Crippen MR) is 72.9 cm³/mol. The Hall–Kier alpha value is -2.34. The minimum atomic E-state index is -0.919. The number of aryl methyl sites for hydroxylation is 1. The van der Waals surface area contributed by atoms with Gasteiger partial charge in [0.2, 0.25) is 0 Å². The molecule has 1 atom stereocenters. The molecule has 0 aromatic heterocycles. The lowest BCUT2D eigenvalue weighted by molar-refractivity contribution is 0.0696. The fraction of sp³-hybridized carbons (Fsp3) is 0.250. The molecule has 1 N–H and O–H groups in total. The van der Waals surface area contributed by atoms with Gasteiger partial charge in [-0.3, -0.25) is 0 Å². The summed E-state index contributed by atoms with van der Waals surface area (Å²) in [5.74, 6) is -0.919. The van der Waals surface area contributed by atoms with Gasteiger partial charge in [0.05, 0.1) is 11.6 Å². The second-order valence-corrected chi connectivity index (χ2v) is 5.06. The van der Waals surface area contributed by atoms with Crippen LogP contribution in [-0.4, -0.2) is 11.1 Å². The molecule has 1 aliphatic rings. The Morgan fingerprint density at radius 3 is 2.74 bits per heavy atom. The zero-order valence-corrected chi connectivity index (χ0v) is 11.0. The summed E-state index contributed by atoms with van der Waals surface area (Å²) in [6.45, 7) is 4.03. The summed E-state index contributed by atoms with van der Waals surface area (Å²) >= 11 is 0. The summed E-state index contributed by atoms with van der Waals surface area (Å²) in [5.41, 5.74) is 2.76. The van der Waals surface area contributed by atoms with E-state index in [1.54, 1.807) is 18.2 Å². The van der Waals surface area contributed by atoms with Gasteiger partial charge in [0.1, 0.15) is 0 Å². The number of hydrogen-bond donors (Lipinski definition) is 1. The van der Waals surface area contributed by atoms with Crippen LogP contribution in [0.1, 0.15) is 34.8 Å². The quantitative estimate of drug-likeness (QED) is 0.879. The molecule has 0 spiro atoms. The standard InChI is InChI=1S/C16H15NO2/c1-11-3-4-13(15(18)19)9-14(11)16(2)7-5-12(10-17)6-8-16/h3-7,9H,8H2,1-2H3,(H,18,19). The highest BCUT2D eigenvalue weighted by atomic mass is 16.4. The number of carbonyl (C=O) groups is 1. The number of carboxylic acid groups (broad SMARTS) is 1. The molecule has 1 aromatic rings. The van der Waals surface area contributed by atoms with Crippen molar-refractivity contribution in [3.8, 4) is 6.07 Å². The lowest BCUT2D eigenvalue weighted by Gasteiger charge is -2.29. The SMILES string of the molecule is Cc1ccc(C(=O)O)cc1C1(C)C=CC(C#N)=CC1. The lowest BCUT2D eigenvalue weighted by Crippen LogP contribution is -2.22. The molecule has 0 heterocycles. The molecule has 2 rings (SSSR count). The predicted octanol–water partition coefficient (Wildman–Crippen LogP) is 3.36. The molecular weight excluding hydrogens is 238 g/mol. The van der Waals surface area contributed by atoms with Crippen LogP contribution in [0, 0.1) is 18.3 Å². The summed E-state index contributed by atoms with van der Waals surface area (Å²) in [7, 11) is 0. The average Bonchev–Trinajstić information content (AvgIpc) is 2.39. The summed E-state index contributed by atoms with van der Waals surface area (Å²) in [6.07, 6.45) is 6.39. The maximum atomic E-state index is 11.1.